The van der Waals surface area contributed by atoms with Crippen LogP contribution in [0.4, 0.5) is 0 Å². The first-order valence-electron chi connectivity index (χ1n) is 7.40. The average molecular weight is 291 g/mol. The molecule has 1 saturated heterocycles. The lowest BCUT2D eigenvalue weighted by Gasteiger charge is -2.37. The van der Waals surface area contributed by atoms with Crippen LogP contribution in [0.1, 0.15) is 23.6 Å². The molecule has 21 heavy (non-hydrogen) atoms. The van der Waals surface area contributed by atoms with Gasteiger partial charge in [0.2, 0.25) is 5.91 Å². The Morgan fingerprint density at radius 3 is 2.62 bits per heavy atom. The van der Waals surface area contributed by atoms with Crippen molar-refractivity contribution in [2.75, 3.05) is 33.7 Å². The molecular weight excluding hydrogens is 266 g/mol. The van der Waals surface area contributed by atoms with E-state index in [9.17, 15) is 4.79 Å². The van der Waals surface area contributed by atoms with Gasteiger partial charge in [0, 0.05) is 43.5 Å². The minimum atomic E-state index is 0.0601. The van der Waals surface area contributed by atoms with E-state index in [0.717, 1.165) is 31.0 Å². The number of piperazine rings is 1. The van der Waals surface area contributed by atoms with Gasteiger partial charge in [0.05, 0.1) is 6.54 Å². The lowest BCUT2D eigenvalue weighted by molar-refractivity contribution is -0.122. The van der Waals surface area contributed by atoms with Gasteiger partial charge in [-0.1, -0.05) is 0 Å². The minimum absolute atomic E-state index is 0.0601. The predicted molar refractivity (Wildman–Crippen MR) is 81.9 cm³/mol. The van der Waals surface area contributed by atoms with Gasteiger partial charge in [-0.25, -0.2) is 9.97 Å². The van der Waals surface area contributed by atoms with Crippen molar-refractivity contribution >= 4 is 5.91 Å². The van der Waals surface area contributed by atoms with Crippen LogP contribution < -0.4 is 5.32 Å². The van der Waals surface area contributed by atoms with Crippen LogP contribution in [0.2, 0.25) is 0 Å². The summed E-state index contributed by atoms with van der Waals surface area (Å²) in [6.07, 6.45) is 0.519. The van der Waals surface area contributed by atoms with Crippen LogP contribution in [-0.2, 0) is 11.3 Å². The van der Waals surface area contributed by atoms with Gasteiger partial charge >= 0.3 is 0 Å². The van der Waals surface area contributed by atoms with Gasteiger partial charge < -0.3 is 15.1 Å². The number of carbonyl (C=O) groups excluding carboxylic acids is 1. The Morgan fingerprint density at radius 1 is 1.29 bits per heavy atom. The summed E-state index contributed by atoms with van der Waals surface area (Å²) in [5.41, 5.74) is 1.86. The van der Waals surface area contributed by atoms with Crippen molar-refractivity contribution in [2.24, 2.45) is 0 Å². The van der Waals surface area contributed by atoms with E-state index < -0.39 is 0 Å². The van der Waals surface area contributed by atoms with Gasteiger partial charge in [-0.3, -0.25) is 4.79 Å². The van der Waals surface area contributed by atoms with Crippen molar-refractivity contribution in [3.63, 3.8) is 0 Å². The number of hydrogen-bond acceptors (Lipinski definition) is 5. The van der Waals surface area contributed by atoms with Crippen molar-refractivity contribution in [3.8, 4) is 0 Å². The third kappa shape index (κ3) is 4.75. The van der Waals surface area contributed by atoms with Gasteiger partial charge in [0.25, 0.3) is 0 Å². The molecule has 2 heterocycles. The Morgan fingerprint density at radius 2 is 1.95 bits per heavy atom. The Balaban J connectivity index is 1.84. The summed E-state index contributed by atoms with van der Waals surface area (Å²) in [5.74, 6) is 0.736. The highest BCUT2D eigenvalue weighted by Gasteiger charge is 2.24. The van der Waals surface area contributed by atoms with Crippen LogP contribution in [0.25, 0.3) is 0 Å². The predicted octanol–water partition coefficient (Wildman–Crippen LogP) is 0.346. The zero-order valence-electron chi connectivity index (χ0n) is 13.4. The number of rotatable bonds is 4. The number of aryl methyl sites for hydroxylation is 2. The lowest BCUT2D eigenvalue weighted by Crippen LogP contribution is -2.51. The zero-order chi connectivity index (χ0) is 15.4. The molecule has 0 aliphatic carbocycles. The van der Waals surface area contributed by atoms with E-state index in [1.165, 1.54) is 0 Å². The van der Waals surface area contributed by atoms with E-state index in [2.05, 4.69) is 39.2 Å². The van der Waals surface area contributed by atoms with E-state index >= 15 is 0 Å². The molecule has 6 heteroatoms. The average Bonchev–Trinajstić information content (AvgIpc) is 2.40. The second-order valence-corrected chi connectivity index (χ2v) is 5.94. The van der Waals surface area contributed by atoms with E-state index in [4.69, 9.17) is 0 Å². The maximum Gasteiger partial charge on any atom is 0.221 e. The van der Waals surface area contributed by atoms with E-state index in [-0.39, 0.29) is 11.9 Å². The summed E-state index contributed by atoms with van der Waals surface area (Å²) in [5, 5.41) is 2.93. The molecule has 116 valence electrons. The molecule has 0 bridgehead atoms. The molecule has 1 aromatic heterocycles. The first-order valence-corrected chi connectivity index (χ1v) is 7.40. The lowest BCUT2D eigenvalue weighted by atomic mass is 10.1. The third-order valence-corrected chi connectivity index (χ3v) is 3.87. The number of carbonyl (C=O) groups is 1. The molecule has 1 amide bonds. The summed E-state index contributed by atoms with van der Waals surface area (Å²) in [6.45, 7) is 7.27. The van der Waals surface area contributed by atoms with Crippen LogP contribution in [0.3, 0.4) is 0 Å². The third-order valence-electron chi connectivity index (χ3n) is 3.87. The van der Waals surface area contributed by atoms with Crippen LogP contribution in [0.5, 0.6) is 0 Å². The van der Waals surface area contributed by atoms with Crippen molar-refractivity contribution < 1.29 is 4.79 Å². The topological polar surface area (TPSA) is 61.4 Å². The number of likely N-dealkylation sites (N-methyl/N-ethyl adjacent to an activating group) is 2. The molecule has 1 atom stereocenters. The van der Waals surface area contributed by atoms with Crippen LogP contribution >= 0.6 is 0 Å². The summed E-state index contributed by atoms with van der Waals surface area (Å²) >= 11 is 0. The van der Waals surface area contributed by atoms with E-state index in [1.807, 2.05) is 19.9 Å². The van der Waals surface area contributed by atoms with Crippen LogP contribution in [-0.4, -0.2) is 65.4 Å². The van der Waals surface area contributed by atoms with Gasteiger partial charge in [-0.05, 0) is 34.0 Å². The second kappa shape index (κ2) is 6.95. The normalized spacial score (nSPS) is 20.5. The molecule has 1 aromatic rings. The molecule has 1 aliphatic rings. The fourth-order valence-corrected chi connectivity index (χ4v) is 2.66. The number of nitrogens with zero attached hydrogens (tertiary/aromatic N) is 4. The van der Waals surface area contributed by atoms with Crippen LogP contribution in [0.15, 0.2) is 6.07 Å². The van der Waals surface area contributed by atoms with Gasteiger partial charge in [0.15, 0.2) is 0 Å². The number of nitrogens with one attached hydrogen (secondary N) is 1. The maximum atomic E-state index is 12.1. The molecule has 1 aliphatic heterocycles. The Kier molecular flexibility index (Phi) is 5.25. The monoisotopic (exact) mass is 291 g/mol. The molecule has 6 nitrogen and oxygen atoms in total. The molecule has 0 unspecified atom stereocenters. The van der Waals surface area contributed by atoms with Crippen molar-refractivity contribution in [3.05, 3.63) is 23.3 Å². The van der Waals surface area contributed by atoms with Crippen molar-refractivity contribution in [2.45, 2.75) is 32.9 Å². The summed E-state index contributed by atoms with van der Waals surface area (Å²) < 4.78 is 0. The highest BCUT2D eigenvalue weighted by molar-refractivity contribution is 5.76. The number of aromatic nitrogens is 2. The standard InChI is InChI=1S/C15H25N5O/c1-11-7-12(2)18-14(17-11)9-16-15(21)8-13-10-19(3)5-6-20(13)4/h7,13H,5-6,8-10H2,1-4H3,(H,16,21)/t13-/m1/s1. The molecule has 0 spiro atoms. The molecule has 2 rings (SSSR count). The van der Waals surface area contributed by atoms with E-state index in [1.54, 1.807) is 0 Å². The number of hydrogen-bond donors (Lipinski definition) is 1. The summed E-state index contributed by atoms with van der Waals surface area (Å²) in [4.78, 5) is 25.3. The Hall–Kier alpha value is -1.53. The Bertz CT molecular complexity index is 485. The summed E-state index contributed by atoms with van der Waals surface area (Å²) in [6, 6.07) is 2.21. The molecule has 1 fully saturated rings. The summed E-state index contributed by atoms with van der Waals surface area (Å²) in [7, 11) is 4.18. The smallest absolute Gasteiger partial charge is 0.221 e. The second-order valence-electron chi connectivity index (χ2n) is 5.94. The van der Waals surface area contributed by atoms with Crippen molar-refractivity contribution in [1.82, 2.24) is 25.1 Å². The van der Waals surface area contributed by atoms with Crippen molar-refractivity contribution in [1.29, 1.82) is 0 Å². The first kappa shape index (κ1) is 15.9. The quantitative estimate of drug-likeness (QED) is 0.867. The molecule has 1 N–H and O–H groups in total. The number of amides is 1. The highest BCUT2D eigenvalue weighted by Crippen LogP contribution is 2.09. The maximum absolute atomic E-state index is 12.1. The van der Waals surface area contributed by atoms with Crippen LogP contribution in [0, 0.1) is 13.8 Å². The fourth-order valence-electron chi connectivity index (χ4n) is 2.66. The fraction of sp³-hybridized carbons (Fsp3) is 0.667. The van der Waals surface area contributed by atoms with E-state index in [0.29, 0.717) is 18.8 Å². The minimum Gasteiger partial charge on any atom is -0.349 e. The molecule has 0 radical (unpaired) electrons. The zero-order valence-corrected chi connectivity index (χ0v) is 13.4. The largest absolute Gasteiger partial charge is 0.349 e. The first-order chi connectivity index (χ1) is 9.94. The highest BCUT2D eigenvalue weighted by atomic mass is 16.1. The van der Waals surface area contributed by atoms with Gasteiger partial charge in [-0.15, -0.1) is 0 Å². The SMILES string of the molecule is Cc1cc(C)nc(CNC(=O)C[C@@H]2CN(C)CCN2C)n1. The molecular formula is C15H25N5O. The van der Waals surface area contributed by atoms with Gasteiger partial charge in [-0.2, -0.15) is 0 Å². The molecule has 0 aromatic carbocycles. The van der Waals surface area contributed by atoms with Gasteiger partial charge in [0.1, 0.15) is 5.82 Å². The Labute approximate surface area is 126 Å². The molecule has 0 saturated carbocycles.